The normalized spacial score (nSPS) is 22.6. The molecule has 1 aliphatic heterocycles. The Morgan fingerprint density at radius 3 is 2.53 bits per heavy atom. The first-order chi connectivity index (χ1) is 18.0. The van der Waals surface area contributed by atoms with Crippen LogP contribution >= 0.6 is 0 Å². The van der Waals surface area contributed by atoms with Crippen molar-refractivity contribution in [2.24, 2.45) is 5.92 Å². The predicted molar refractivity (Wildman–Crippen MR) is 145 cm³/mol. The van der Waals surface area contributed by atoms with Gasteiger partial charge < -0.3 is 14.6 Å². The van der Waals surface area contributed by atoms with Crippen LogP contribution in [0.25, 0.3) is 5.57 Å². The van der Waals surface area contributed by atoms with Crippen molar-refractivity contribution in [1.29, 1.82) is 0 Å². The van der Waals surface area contributed by atoms with Crippen molar-refractivity contribution >= 4 is 25.6 Å². The number of aliphatic hydroxyl groups excluding tert-OH is 1. The first-order valence-corrected chi connectivity index (χ1v) is 15.6. The van der Waals surface area contributed by atoms with E-state index in [1.807, 2.05) is 6.92 Å². The van der Waals surface area contributed by atoms with Crippen molar-refractivity contribution in [3.63, 3.8) is 0 Å². The molecule has 2 aromatic rings. The third kappa shape index (κ3) is 5.62. The van der Waals surface area contributed by atoms with Crippen LogP contribution in [0.3, 0.4) is 0 Å². The number of hydrogen-bond acceptors (Lipinski definition) is 7. The summed E-state index contributed by atoms with van der Waals surface area (Å²) in [5.41, 5.74) is 2.03. The first-order valence-electron chi connectivity index (χ1n) is 12.7. The summed E-state index contributed by atoms with van der Waals surface area (Å²) >= 11 is 0. The molecule has 0 saturated carbocycles. The minimum absolute atomic E-state index is 0.00326. The van der Waals surface area contributed by atoms with Gasteiger partial charge in [0.15, 0.2) is 0 Å². The lowest BCUT2D eigenvalue weighted by Crippen LogP contribution is -2.50. The zero-order chi connectivity index (χ0) is 27.7. The van der Waals surface area contributed by atoms with Gasteiger partial charge in [-0.05, 0) is 73.7 Å². The van der Waals surface area contributed by atoms with Crippen LogP contribution < -0.4 is 9.47 Å². The molecule has 0 spiro atoms. The predicted octanol–water partition coefficient (Wildman–Crippen LogP) is 3.35. The summed E-state index contributed by atoms with van der Waals surface area (Å²) < 4.78 is 68.1. The second-order valence-corrected chi connectivity index (χ2v) is 13.9. The number of likely N-dealkylation sites (N-methyl/N-ethyl adjacent to an activating group) is 1. The fraction of sp³-hybridized carbons (Fsp3) is 0.481. The molecule has 38 heavy (non-hydrogen) atoms. The monoisotopic (exact) mass is 564 g/mol. The molecule has 9 nitrogen and oxygen atoms in total. The van der Waals surface area contributed by atoms with Gasteiger partial charge in [0.05, 0.1) is 25.2 Å². The van der Waals surface area contributed by atoms with E-state index in [0.29, 0.717) is 5.75 Å². The summed E-state index contributed by atoms with van der Waals surface area (Å²) in [6.45, 7) is 3.21. The fourth-order valence-electron chi connectivity index (χ4n) is 4.86. The Morgan fingerprint density at radius 2 is 1.92 bits per heavy atom. The second-order valence-electron chi connectivity index (χ2n) is 9.98. The summed E-state index contributed by atoms with van der Waals surface area (Å²) in [5, 5.41) is 9.84. The summed E-state index contributed by atoms with van der Waals surface area (Å²) in [5.74, 6) is 0.361. The Bertz CT molecular complexity index is 1390. The maximum atomic E-state index is 13.7. The van der Waals surface area contributed by atoms with Crippen molar-refractivity contribution in [3.8, 4) is 11.5 Å². The highest BCUT2D eigenvalue weighted by atomic mass is 32.2. The first kappa shape index (κ1) is 28.6. The van der Waals surface area contributed by atoms with E-state index in [9.17, 15) is 21.9 Å². The zero-order valence-electron chi connectivity index (χ0n) is 22.2. The minimum Gasteiger partial charge on any atom is -0.497 e. The van der Waals surface area contributed by atoms with Crippen LogP contribution in [0.5, 0.6) is 11.5 Å². The zero-order valence-corrected chi connectivity index (χ0v) is 23.8. The van der Waals surface area contributed by atoms with E-state index < -0.39 is 32.2 Å². The van der Waals surface area contributed by atoms with E-state index in [-0.39, 0.29) is 41.2 Å². The Hall–Kier alpha value is -2.44. The standard InChI is InChI=1S/C27H36N2O7S2/c1-19-16-29(20(2)18-30)38(33,34)27-14-9-22(21-7-5-6-8-21)15-25(27)36-26(19)17-28(3)37(31,32)24-12-10-23(35-4)11-13-24/h7,9-15,19-20,26,30H,5-6,8,16-18H2,1-4H3/t19-,20-,26-/m0/s1. The molecule has 0 bridgehead atoms. The van der Waals surface area contributed by atoms with Crippen LogP contribution in [-0.4, -0.2) is 76.6 Å². The Morgan fingerprint density at radius 1 is 1.21 bits per heavy atom. The molecule has 2 aromatic carbocycles. The Balaban J connectivity index is 1.72. The molecule has 0 saturated heterocycles. The molecule has 4 rings (SSSR count). The van der Waals surface area contributed by atoms with Crippen LogP contribution in [-0.2, 0) is 20.0 Å². The number of aliphatic hydroxyl groups is 1. The highest BCUT2D eigenvalue weighted by molar-refractivity contribution is 7.89. The average molecular weight is 565 g/mol. The van der Waals surface area contributed by atoms with Crippen molar-refractivity contribution in [2.45, 2.75) is 55.0 Å². The highest BCUT2D eigenvalue weighted by Gasteiger charge is 2.39. The van der Waals surface area contributed by atoms with Gasteiger partial charge in [0.1, 0.15) is 22.5 Å². The van der Waals surface area contributed by atoms with Crippen molar-refractivity contribution in [2.75, 3.05) is 33.9 Å². The largest absolute Gasteiger partial charge is 0.497 e. The highest BCUT2D eigenvalue weighted by Crippen LogP contribution is 2.37. The third-order valence-corrected chi connectivity index (χ3v) is 11.1. The number of ether oxygens (including phenoxy) is 2. The summed E-state index contributed by atoms with van der Waals surface area (Å²) in [4.78, 5) is 0.131. The molecule has 0 amide bonds. The van der Waals surface area contributed by atoms with E-state index in [4.69, 9.17) is 9.47 Å². The molecule has 2 aliphatic rings. The van der Waals surface area contributed by atoms with E-state index in [2.05, 4.69) is 6.08 Å². The number of hydrogen-bond donors (Lipinski definition) is 1. The smallest absolute Gasteiger partial charge is 0.247 e. The molecule has 11 heteroatoms. The summed E-state index contributed by atoms with van der Waals surface area (Å²) in [6.07, 6.45) is 4.42. The van der Waals surface area contributed by atoms with E-state index in [1.54, 1.807) is 37.3 Å². The number of rotatable bonds is 8. The SMILES string of the molecule is COc1ccc(S(=O)(=O)N(C)C[C@@H]2Oc3cc(C4=CCCC4)ccc3S(=O)(=O)N([C@@H](C)CO)C[C@@H]2C)cc1. The van der Waals surface area contributed by atoms with Crippen molar-refractivity contribution in [3.05, 3.63) is 54.1 Å². The number of sulfonamides is 2. The van der Waals surface area contributed by atoms with Crippen LogP contribution in [0.1, 0.15) is 38.7 Å². The summed E-state index contributed by atoms with van der Waals surface area (Å²) in [6, 6.07) is 10.6. The van der Waals surface area contributed by atoms with Gasteiger partial charge in [-0.15, -0.1) is 0 Å². The number of nitrogens with zero attached hydrogens (tertiary/aromatic N) is 2. The lowest BCUT2D eigenvalue weighted by molar-refractivity contribution is 0.0904. The third-order valence-electron chi connectivity index (χ3n) is 7.28. The molecule has 0 radical (unpaired) electrons. The number of allylic oxidation sites excluding steroid dienone is 2. The van der Waals surface area contributed by atoms with Gasteiger partial charge in [-0.3, -0.25) is 0 Å². The molecule has 0 unspecified atom stereocenters. The molecular weight excluding hydrogens is 528 g/mol. The molecule has 208 valence electrons. The number of benzene rings is 2. The van der Waals surface area contributed by atoms with Crippen LogP contribution in [0.4, 0.5) is 0 Å². The molecule has 3 atom stereocenters. The summed E-state index contributed by atoms with van der Waals surface area (Å²) in [7, 11) is -4.82. The van der Waals surface area contributed by atoms with E-state index in [0.717, 1.165) is 30.4 Å². The molecule has 0 aromatic heterocycles. The van der Waals surface area contributed by atoms with Gasteiger partial charge in [0.2, 0.25) is 20.0 Å². The molecule has 1 N–H and O–H groups in total. The van der Waals surface area contributed by atoms with Crippen molar-refractivity contribution < 1.29 is 31.4 Å². The Kier molecular flexibility index (Phi) is 8.53. The number of methoxy groups -OCH3 is 1. The topological polar surface area (TPSA) is 113 Å². The van der Waals surface area contributed by atoms with Gasteiger partial charge in [-0.1, -0.05) is 19.1 Å². The fourth-order valence-corrected chi connectivity index (χ4v) is 7.86. The second kappa shape index (κ2) is 11.4. The Labute approximate surface area is 225 Å². The maximum absolute atomic E-state index is 13.7. The lowest BCUT2D eigenvalue weighted by Gasteiger charge is -2.37. The van der Waals surface area contributed by atoms with Gasteiger partial charge in [0.25, 0.3) is 0 Å². The molecule has 1 heterocycles. The molecule has 1 aliphatic carbocycles. The maximum Gasteiger partial charge on any atom is 0.247 e. The average Bonchev–Trinajstić information content (AvgIpc) is 3.45. The molecular formula is C27H36N2O7S2. The van der Waals surface area contributed by atoms with Gasteiger partial charge in [0, 0.05) is 25.6 Å². The van der Waals surface area contributed by atoms with Crippen molar-refractivity contribution in [1.82, 2.24) is 8.61 Å². The van der Waals surface area contributed by atoms with Gasteiger partial charge in [-0.2, -0.15) is 8.61 Å². The van der Waals surface area contributed by atoms with Crippen LogP contribution in [0.15, 0.2) is 58.3 Å². The van der Waals surface area contributed by atoms with Crippen LogP contribution in [0, 0.1) is 5.92 Å². The lowest BCUT2D eigenvalue weighted by atomic mass is 10.0. The quantitative estimate of drug-likeness (QED) is 0.523. The molecule has 0 fully saturated rings. The van der Waals surface area contributed by atoms with Gasteiger partial charge in [-0.25, -0.2) is 16.8 Å². The van der Waals surface area contributed by atoms with Gasteiger partial charge >= 0.3 is 0 Å². The van der Waals surface area contributed by atoms with E-state index >= 15 is 0 Å². The minimum atomic E-state index is -3.97. The van der Waals surface area contributed by atoms with E-state index in [1.165, 1.54) is 34.9 Å². The number of fused-ring (bicyclic) bond motifs is 1. The van der Waals surface area contributed by atoms with Crippen LogP contribution in [0.2, 0.25) is 0 Å².